The van der Waals surface area contributed by atoms with Crippen LogP contribution in [0.25, 0.3) is 0 Å². The van der Waals surface area contributed by atoms with Crippen molar-refractivity contribution in [1.82, 2.24) is 10.6 Å². The van der Waals surface area contributed by atoms with Crippen LogP contribution in [-0.4, -0.2) is 48.2 Å². The second-order valence-corrected chi connectivity index (χ2v) is 9.03. The van der Waals surface area contributed by atoms with Crippen LogP contribution in [0.15, 0.2) is 42.5 Å². The number of ether oxygens (including phenoxy) is 1. The Labute approximate surface area is 197 Å². The van der Waals surface area contributed by atoms with E-state index in [2.05, 4.69) is 10.6 Å². The molecular formula is C26H38N2O5. The van der Waals surface area contributed by atoms with Gasteiger partial charge in [-0.25, -0.2) is 0 Å². The number of cyclic esters (lactones) is 1. The zero-order valence-electron chi connectivity index (χ0n) is 19.8. The van der Waals surface area contributed by atoms with Gasteiger partial charge in [0.2, 0.25) is 11.8 Å². The van der Waals surface area contributed by atoms with Crippen LogP contribution in [0.5, 0.6) is 0 Å². The molecule has 1 aromatic rings. The summed E-state index contributed by atoms with van der Waals surface area (Å²) in [6, 6.07) is 8.91. The Morgan fingerprint density at radius 2 is 1.94 bits per heavy atom. The molecule has 0 bridgehead atoms. The molecule has 33 heavy (non-hydrogen) atoms. The lowest BCUT2D eigenvalue weighted by Gasteiger charge is -2.25. The number of carbonyl (C=O) groups is 3. The summed E-state index contributed by atoms with van der Waals surface area (Å²) in [6.07, 6.45) is 7.75. The highest BCUT2D eigenvalue weighted by molar-refractivity contribution is 5.86. The van der Waals surface area contributed by atoms with Gasteiger partial charge in [-0.3, -0.25) is 14.4 Å². The van der Waals surface area contributed by atoms with Crippen molar-refractivity contribution < 1.29 is 24.2 Å². The van der Waals surface area contributed by atoms with Crippen LogP contribution in [0.3, 0.4) is 0 Å². The van der Waals surface area contributed by atoms with Crippen molar-refractivity contribution in [1.29, 1.82) is 0 Å². The number of esters is 1. The molecule has 3 N–H and O–H groups in total. The molecule has 0 fully saturated rings. The molecule has 7 heteroatoms. The SMILES string of the molecule is CC(C)[C@H]1COC(=O)CCCCC=CC[C@H](CC(=O)N[C@H](CO)Cc2ccccc2)C(=O)N1. The summed E-state index contributed by atoms with van der Waals surface area (Å²) in [6.45, 7) is 3.86. The molecule has 2 rings (SSSR count). The molecule has 0 saturated heterocycles. The third-order valence-corrected chi connectivity index (χ3v) is 5.86. The van der Waals surface area contributed by atoms with Gasteiger partial charge < -0.3 is 20.5 Å². The van der Waals surface area contributed by atoms with Crippen LogP contribution in [0.4, 0.5) is 0 Å². The third kappa shape index (κ3) is 10.2. The van der Waals surface area contributed by atoms with E-state index in [0.29, 0.717) is 19.3 Å². The van der Waals surface area contributed by atoms with E-state index in [-0.39, 0.29) is 49.4 Å². The predicted molar refractivity (Wildman–Crippen MR) is 127 cm³/mol. The fourth-order valence-electron chi connectivity index (χ4n) is 3.72. The Balaban J connectivity index is 2.04. The minimum atomic E-state index is -0.544. The zero-order valence-corrected chi connectivity index (χ0v) is 19.8. The number of amides is 2. The maximum atomic E-state index is 13.0. The molecular weight excluding hydrogens is 420 g/mol. The minimum absolute atomic E-state index is 0.0199. The largest absolute Gasteiger partial charge is 0.463 e. The first-order valence-corrected chi connectivity index (χ1v) is 11.9. The van der Waals surface area contributed by atoms with E-state index in [1.807, 2.05) is 56.3 Å². The van der Waals surface area contributed by atoms with Crippen molar-refractivity contribution in [3.63, 3.8) is 0 Å². The molecule has 0 unspecified atom stereocenters. The van der Waals surface area contributed by atoms with Crippen molar-refractivity contribution in [2.75, 3.05) is 13.2 Å². The first kappa shape index (κ1) is 26.6. The van der Waals surface area contributed by atoms with Crippen LogP contribution >= 0.6 is 0 Å². The first-order valence-electron chi connectivity index (χ1n) is 11.9. The first-order chi connectivity index (χ1) is 15.9. The van der Waals surface area contributed by atoms with Gasteiger partial charge in [-0.15, -0.1) is 0 Å². The van der Waals surface area contributed by atoms with E-state index < -0.39 is 12.0 Å². The number of allylic oxidation sites excluding steroid dienone is 2. The molecule has 1 aliphatic rings. The Hall–Kier alpha value is -2.67. The summed E-state index contributed by atoms with van der Waals surface area (Å²) in [5.74, 6) is -1.22. The summed E-state index contributed by atoms with van der Waals surface area (Å²) < 4.78 is 5.37. The van der Waals surface area contributed by atoms with Crippen molar-refractivity contribution in [2.24, 2.45) is 11.8 Å². The number of aliphatic hydroxyl groups excluding tert-OH is 1. The average molecular weight is 459 g/mol. The van der Waals surface area contributed by atoms with Crippen molar-refractivity contribution in [2.45, 2.75) is 70.9 Å². The molecule has 0 aromatic heterocycles. The summed E-state index contributed by atoms with van der Waals surface area (Å²) in [7, 11) is 0. The zero-order chi connectivity index (χ0) is 24.1. The van der Waals surface area contributed by atoms with Gasteiger partial charge in [0.25, 0.3) is 0 Å². The van der Waals surface area contributed by atoms with Gasteiger partial charge in [0, 0.05) is 12.8 Å². The topological polar surface area (TPSA) is 105 Å². The molecule has 0 radical (unpaired) electrons. The van der Waals surface area contributed by atoms with Crippen LogP contribution in [-0.2, 0) is 25.5 Å². The smallest absolute Gasteiger partial charge is 0.305 e. The van der Waals surface area contributed by atoms with E-state index in [1.165, 1.54) is 0 Å². The van der Waals surface area contributed by atoms with Gasteiger partial charge in [-0.2, -0.15) is 0 Å². The number of hydrogen-bond donors (Lipinski definition) is 3. The molecule has 7 nitrogen and oxygen atoms in total. The molecule has 3 atom stereocenters. The van der Waals surface area contributed by atoms with Crippen molar-refractivity contribution in [3.8, 4) is 0 Å². The normalized spacial score (nSPS) is 21.6. The van der Waals surface area contributed by atoms with Gasteiger partial charge in [-0.1, -0.05) is 56.3 Å². The average Bonchev–Trinajstić information content (AvgIpc) is 2.79. The summed E-state index contributed by atoms with van der Waals surface area (Å²) >= 11 is 0. The third-order valence-electron chi connectivity index (χ3n) is 5.86. The van der Waals surface area contributed by atoms with Crippen molar-refractivity contribution >= 4 is 17.8 Å². The molecule has 1 aliphatic heterocycles. The van der Waals surface area contributed by atoms with Gasteiger partial charge >= 0.3 is 5.97 Å². The molecule has 0 saturated carbocycles. The summed E-state index contributed by atoms with van der Waals surface area (Å²) in [5.41, 5.74) is 1.02. The fraction of sp³-hybridized carbons (Fsp3) is 0.577. The quantitative estimate of drug-likeness (QED) is 0.430. The number of benzene rings is 1. The van der Waals surface area contributed by atoms with E-state index in [9.17, 15) is 19.5 Å². The molecule has 1 aromatic carbocycles. The number of nitrogens with one attached hydrogen (secondary N) is 2. The highest BCUT2D eigenvalue weighted by Gasteiger charge is 2.26. The van der Waals surface area contributed by atoms with Gasteiger partial charge in [0.05, 0.1) is 24.6 Å². The molecule has 182 valence electrons. The highest BCUT2D eigenvalue weighted by atomic mass is 16.5. The summed E-state index contributed by atoms with van der Waals surface area (Å²) in [4.78, 5) is 37.8. The molecule has 0 aliphatic carbocycles. The van der Waals surface area contributed by atoms with E-state index in [4.69, 9.17) is 4.74 Å². The molecule has 2 amide bonds. The van der Waals surface area contributed by atoms with E-state index >= 15 is 0 Å². The lowest BCUT2D eigenvalue weighted by Crippen LogP contribution is -2.46. The van der Waals surface area contributed by atoms with Crippen LogP contribution in [0.2, 0.25) is 0 Å². The second-order valence-electron chi connectivity index (χ2n) is 9.03. The Kier molecular flexibility index (Phi) is 11.7. The lowest BCUT2D eigenvalue weighted by atomic mass is 9.96. The maximum Gasteiger partial charge on any atom is 0.305 e. The van der Waals surface area contributed by atoms with Gasteiger partial charge in [-0.05, 0) is 43.6 Å². The van der Waals surface area contributed by atoms with E-state index in [1.54, 1.807) is 0 Å². The maximum absolute atomic E-state index is 13.0. The van der Waals surface area contributed by atoms with Crippen LogP contribution < -0.4 is 10.6 Å². The number of carbonyl (C=O) groups excluding carboxylic acids is 3. The van der Waals surface area contributed by atoms with E-state index in [0.717, 1.165) is 24.8 Å². The Morgan fingerprint density at radius 1 is 1.18 bits per heavy atom. The molecule has 0 spiro atoms. The standard InChI is InChI=1S/C26H38N2O5/c1-19(2)23-18-33-25(31)14-10-5-3-4-9-13-21(26(32)28-23)16-24(30)27-22(17-29)15-20-11-7-6-8-12-20/h4,6-9,11-12,19,21-23,29H,3,5,10,13-18H2,1-2H3,(H,27,30)(H,28,32)/t21-,22+,23-/m1/s1. The van der Waals surface area contributed by atoms with Crippen LogP contribution in [0, 0.1) is 11.8 Å². The minimum Gasteiger partial charge on any atom is -0.463 e. The van der Waals surface area contributed by atoms with Crippen LogP contribution in [0.1, 0.15) is 57.9 Å². The predicted octanol–water partition coefficient (Wildman–Crippen LogP) is 2.92. The number of rotatable bonds is 7. The second kappa shape index (κ2) is 14.5. The Bertz CT molecular complexity index is 778. The van der Waals surface area contributed by atoms with Crippen molar-refractivity contribution in [3.05, 3.63) is 48.0 Å². The monoisotopic (exact) mass is 458 g/mol. The number of aliphatic hydroxyl groups is 1. The van der Waals surface area contributed by atoms with Gasteiger partial charge in [0.1, 0.15) is 6.61 Å². The molecule has 1 heterocycles. The fourth-order valence-corrected chi connectivity index (χ4v) is 3.72. The summed E-state index contributed by atoms with van der Waals surface area (Å²) in [5, 5.41) is 15.6. The highest BCUT2D eigenvalue weighted by Crippen LogP contribution is 2.15. The number of hydrogen-bond acceptors (Lipinski definition) is 5. The van der Waals surface area contributed by atoms with Gasteiger partial charge in [0.15, 0.2) is 0 Å². The lowest BCUT2D eigenvalue weighted by molar-refractivity contribution is -0.145. The Morgan fingerprint density at radius 3 is 2.64 bits per heavy atom.